The van der Waals surface area contributed by atoms with Crippen molar-refractivity contribution in [1.82, 2.24) is 15.5 Å². The van der Waals surface area contributed by atoms with Crippen molar-refractivity contribution in [2.24, 2.45) is 17.8 Å². The molecule has 4 bridgehead atoms. The van der Waals surface area contributed by atoms with Crippen LogP contribution in [-0.4, -0.2) is 42.6 Å². The molecule has 4 aliphatic carbocycles. The van der Waals surface area contributed by atoms with Crippen molar-refractivity contribution in [1.29, 1.82) is 0 Å². The summed E-state index contributed by atoms with van der Waals surface area (Å²) in [4.78, 5) is 26.9. The Bertz CT molecular complexity index is 778. The largest absolute Gasteiger partial charge is 0.494 e. The van der Waals surface area contributed by atoms with Gasteiger partial charge in [0.15, 0.2) is 11.6 Å². The minimum absolute atomic E-state index is 0.0818. The molecule has 4 fully saturated rings. The number of halogens is 1. The summed E-state index contributed by atoms with van der Waals surface area (Å²) in [5.74, 6) is 1.62. The van der Waals surface area contributed by atoms with Crippen LogP contribution in [0.15, 0.2) is 18.2 Å². The lowest BCUT2D eigenvalue weighted by atomic mass is 9.53. The van der Waals surface area contributed by atoms with E-state index in [1.807, 2.05) is 11.8 Å². The maximum absolute atomic E-state index is 13.9. The van der Waals surface area contributed by atoms with Gasteiger partial charge in [-0.3, -0.25) is 15.0 Å². The molecule has 0 aliphatic heterocycles. The van der Waals surface area contributed by atoms with Crippen LogP contribution in [0.4, 0.5) is 9.18 Å². The Kier molecular flexibility index (Phi) is 6.00. The van der Waals surface area contributed by atoms with Gasteiger partial charge in [-0.25, -0.2) is 9.18 Å². The SMILES string of the molecule is CCN(CC(=O)NC(=O)NC12CC3CC(CC(C3)C1)C2)Cc1ccc(OC)c(F)c1. The highest BCUT2D eigenvalue weighted by Gasteiger charge is 2.51. The molecule has 1 aromatic rings. The summed E-state index contributed by atoms with van der Waals surface area (Å²) >= 11 is 0. The number of carbonyl (C=O) groups excluding carboxylic acids is 2. The molecule has 0 atom stereocenters. The van der Waals surface area contributed by atoms with Crippen LogP contribution >= 0.6 is 0 Å². The molecule has 3 amide bonds. The molecule has 30 heavy (non-hydrogen) atoms. The molecule has 0 unspecified atom stereocenters. The summed E-state index contributed by atoms with van der Waals surface area (Å²) in [6.07, 6.45) is 7.05. The summed E-state index contributed by atoms with van der Waals surface area (Å²) in [7, 11) is 1.43. The van der Waals surface area contributed by atoms with Crippen molar-refractivity contribution in [2.45, 2.75) is 57.5 Å². The van der Waals surface area contributed by atoms with Gasteiger partial charge in [0.1, 0.15) is 0 Å². The van der Waals surface area contributed by atoms with E-state index >= 15 is 0 Å². The first kappa shape index (κ1) is 21.1. The summed E-state index contributed by atoms with van der Waals surface area (Å²) in [5, 5.41) is 5.67. The van der Waals surface area contributed by atoms with E-state index in [-0.39, 0.29) is 29.8 Å². The Morgan fingerprint density at radius 2 is 1.80 bits per heavy atom. The van der Waals surface area contributed by atoms with Crippen LogP contribution in [0.25, 0.3) is 0 Å². The second-order valence-corrected chi connectivity index (χ2v) is 9.47. The molecule has 4 aliphatic rings. The Balaban J connectivity index is 1.29. The zero-order chi connectivity index (χ0) is 21.3. The lowest BCUT2D eigenvalue weighted by Crippen LogP contribution is -2.62. The number of nitrogens with zero attached hydrogens (tertiary/aromatic N) is 1. The molecule has 4 saturated carbocycles. The van der Waals surface area contributed by atoms with E-state index in [1.165, 1.54) is 32.4 Å². The minimum Gasteiger partial charge on any atom is -0.494 e. The average Bonchev–Trinajstić information content (AvgIpc) is 2.65. The van der Waals surface area contributed by atoms with Crippen molar-refractivity contribution >= 4 is 11.9 Å². The first-order valence-corrected chi connectivity index (χ1v) is 11.0. The third-order valence-corrected chi connectivity index (χ3v) is 7.11. The highest BCUT2D eigenvalue weighted by Crippen LogP contribution is 2.55. The fourth-order valence-electron chi connectivity index (χ4n) is 6.25. The predicted molar refractivity (Wildman–Crippen MR) is 111 cm³/mol. The summed E-state index contributed by atoms with van der Waals surface area (Å²) in [6, 6.07) is 4.40. The minimum atomic E-state index is -0.426. The van der Waals surface area contributed by atoms with Crippen LogP contribution in [0.1, 0.15) is 51.0 Å². The molecule has 0 aromatic heterocycles. The van der Waals surface area contributed by atoms with E-state index < -0.39 is 5.82 Å². The predicted octanol–water partition coefficient (Wildman–Crippen LogP) is 3.45. The van der Waals surface area contributed by atoms with Gasteiger partial charge < -0.3 is 10.1 Å². The molecular weight excluding hydrogens is 385 g/mol. The van der Waals surface area contributed by atoms with E-state index in [0.717, 1.165) is 42.6 Å². The van der Waals surface area contributed by atoms with Gasteiger partial charge in [-0.05, 0) is 80.5 Å². The number of methoxy groups -OCH3 is 1. The highest BCUT2D eigenvalue weighted by atomic mass is 19.1. The third-order valence-electron chi connectivity index (χ3n) is 7.11. The van der Waals surface area contributed by atoms with Gasteiger partial charge >= 0.3 is 6.03 Å². The number of ether oxygens (including phenoxy) is 1. The molecule has 1 aromatic carbocycles. The maximum Gasteiger partial charge on any atom is 0.321 e. The molecule has 7 heteroatoms. The van der Waals surface area contributed by atoms with Crippen LogP contribution in [0.2, 0.25) is 0 Å². The van der Waals surface area contributed by atoms with Gasteiger partial charge in [0.05, 0.1) is 13.7 Å². The third kappa shape index (κ3) is 4.61. The van der Waals surface area contributed by atoms with E-state index in [1.54, 1.807) is 12.1 Å². The summed E-state index contributed by atoms with van der Waals surface area (Å²) < 4.78 is 18.9. The van der Waals surface area contributed by atoms with Crippen LogP contribution in [0.3, 0.4) is 0 Å². The van der Waals surface area contributed by atoms with Gasteiger partial charge in [-0.1, -0.05) is 13.0 Å². The van der Waals surface area contributed by atoms with E-state index in [0.29, 0.717) is 13.1 Å². The summed E-state index contributed by atoms with van der Waals surface area (Å²) in [6.45, 7) is 3.04. The number of hydrogen-bond acceptors (Lipinski definition) is 4. The number of amides is 3. The Morgan fingerprint density at radius 3 is 2.33 bits per heavy atom. The Hall–Kier alpha value is -2.15. The lowest BCUT2D eigenvalue weighted by Gasteiger charge is -2.56. The molecule has 5 rings (SSSR count). The fourth-order valence-corrected chi connectivity index (χ4v) is 6.25. The number of carbonyl (C=O) groups is 2. The topological polar surface area (TPSA) is 70.7 Å². The van der Waals surface area contributed by atoms with E-state index in [2.05, 4.69) is 10.6 Å². The first-order chi connectivity index (χ1) is 14.4. The zero-order valence-electron chi connectivity index (χ0n) is 17.9. The normalized spacial score (nSPS) is 29.1. The van der Waals surface area contributed by atoms with Gasteiger partial charge in [0.2, 0.25) is 5.91 Å². The van der Waals surface area contributed by atoms with Crippen LogP contribution in [0.5, 0.6) is 5.75 Å². The second kappa shape index (κ2) is 8.53. The van der Waals surface area contributed by atoms with E-state index in [4.69, 9.17) is 4.74 Å². The molecule has 164 valence electrons. The quantitative estimate of drug-likeness (QED) is 0.713. The molecule has 0 radical (unpaired) electrons. The van der Waals surface area contributed by atoms with Crippen molar-refractivity contribution in [2.75, 3.05) is 20.2 Å². The monoisotopic (exact) mass is 417 g/mol. The number of likely N-dealkylation sites (N-methyl/N-ethyl adjacent to an activating group) is 1. The second-order valence-electron chi connectivity index (χ2n) is 9.47. The van der Waals surface area contributed by atoms with Crippen molar-refractivity contribution in [3.8, 4) is 5.75 Å². The number of hydrogen-bond donors (Lipinski definition) is 2. The van der Waals surface area contributed by atoms with Crippen molar-refractivity contribution in [3.63, 3.8) is 0 Å². The van der Waals surface area contributed by atoms with Gasteiger partial charge in [-0.2, -0.15) is 0 Å². The molecular formula is C23H32FN3O3. The number of rotatable bonds is 7. The zero-order valence-corrected chi connectivity index (χ0v) is 17.9. The maximum atomic E-state index is 13.9. The van der Waals surface area contributed by atoms with Gasteiger partial charge in [0.25, 0.3) is 0 Å². The molecule has 2 N–H and O–H groups in total. The number of benzene rings is 1. The smallest absolute Gasteiger partial charge is 0.321 e. The fraction of sp³-hybridized carbons (Fsp3) is 0.652. The number of urea groups is 1. The first-order valence-electron chi connectivity index (χ1n) is 11.0. The van der Waals surface area contributed by atoms with Crippen LogP contribution in [-0.2, 0) is 11.3 Å². The standard InChI is InChI=1S/C23H32FN3O3/c1-3-27(13-15-4-5-20(30-2)19(24)9-15)14-21(28)25-22(29)26-23-10-16-6-17(11-23)8-18(7-16)12-23/h4-5,9,16-18H,3,6-8,10-14H2,1-2H3,(H2,25,26,28,29). The van der Waals surface area contributed by atoms with E-state index in [9.17, 15) is 14.0 Å². The average molecular weight is 418 g/mol. The van der Waals surface area contributed by atoms with Gasteiger partial charge in [0, 0.05) is 12.1 Å². The number of imide groups is 1. The Labute approximate surface area is 177 Å². The summed E-state index contributed by atoms with van der Waals surface area (Å²) in [5.41, 5.74) is 0.630. The number of nitrogens with one attached hydrogen (secondary N) is 2. The Morgan fingerprint density at radius 1 is 1.17 bits per heavy atom. The van der Waals surface area contributed by atoms with Crippen LogP contribution in [0, 0.1) is 23.6 Å². The highest BCUT2D eigenvalue weighted by molar-refractivity contribution is 5.95. The van der Waals surface area contributed by atoms with Crippen LogP contribution < -0.4 is 15.4 Å². The molecule has 0 heterocycles. The molecule has 6 nitrogen and oxygen atoms in total. The van der Waals surface area contributed by atoms with Crippen molar-refractivity contribution in [3.05, 3.63) is 29.6 Å². The molecule has 0 spiro atoms. The molecule has 0 saturated heterocycles. The van der Waals surface area contributed by atoms with Gasteiger partial charge in [-0.15, -0.1) is 0 Å². The van der Waals surface area contributed by atoms with Crippen molar-refractivity contribution < 1.29 is 18.7 Å². The lowest BCUT2D eigenvalue weighted by molar-refractivity contribution is -0.121.